The lowest BCUT2D eigenvalue weighted by atomic mass is 10.2. The first kappa shape index (κ1) is 12.1. The third-order valence-corrected chi connectivity index (χ3v) is 3.23. The number of aliphatic hydroxyl groups is 1. The van der Waals surface area contributed by atoms with E-state index in [-0.39, 0.29) is 17.9 Å². The van der Waals surface area contributed by atoms with E-state index in [1.54, 1.807) is 18.0 Å². The van der Waals surface area contributed by atoms with Gasteiger partial charge in [0.05, 0.1) is 19.0 Å². The summed E-state index contributed by atoms with van der Waals surface area (Å²) in [5.41, 5.74) is 5.51. The van der Waals surface area contributed by atoms with Crippen molar-refractivity contribution in [3.63, 3.8) is 0 Å². The number of nitrogen functional groups attached to an aromatic ring is 1. The molecule has 0 saturated heterocycles. The quantitative estimate of drug-likeness (QED) is 0.684. The molecule has 0 amide bonds. The molecule has 0 radical (unpaired) electrons. The number of nitrogens with zero attached hydrogens (tertiary/aromatic N) is 2. The Hall–Kier alpha value is -1.01. The first-order valence-corrected chi connectivity index (χ1v) is 5.94. The minimum absolute atomic E-state index is 0.112. The number of nitrogens with two attached hydrogens (primary N) is 1. The van der Waals surface area contributed by atoms with Crippen molar-refractivity contribution in [3.8, 4) is 0 Å². The van der Waals surface area contributed by atoms with Crippen molar-refractivity contribution >= 4 is 23.4 Å². The van der Waals surface area contributed by atoms with Crippen LogP contribution in [-0.2, 0) is 0 Å². The summed E-state index contributed by atoms with van der Waals surface area (Å²) in [6, 6.07) is 0.112. The molecule has 1 heterocycles. The summed E-state index contributed by atoms with van der Waals surface area (Å²) in [5, 5.41) is 12.4. The zero-order valence-electron chi connectivity index (χ0n) is 8.84. The molecule has 0 saturated carbocycles. The van der Waals surface area contributed by atoms with Crippen molar-refractivity contribution in [3.05, 3.63) is 12.4 Å². The molecule has 15 heavy (non-hydrogen) atoms. The fraction of sp³-hybridized carbons (Fsp3) is 0.556. The van der Waals surface area contributed by atoms with Crippen LogP contribution in [0.1, 0.15) is 6.92 Å². The second-order valence-electron chi connectivity index (χ2n) is 3.22. The molecule has 2 unspecified atom stereocenters. The van der Waals surface area contributed by atoms with Gasteiger partial charge in [-0.2, -0.15) is 11.8 Å². The molecule has 84 valence electrons. The summed E-state index contributed by atoms with van der Waals surface area (Å²) in [6.07, 6.45) is 5.07. The second kappa shape index (κ2) is 5.77. The van der Waals surface area contributed by atoms with Crippen LogP contribution in [0.2, 0.25) is 0 Å². The highest BCUT2D eigenvalue weighted by atomic mass is 32.2. The highest BCUT2D eigenvalue weighted by Crippen LogP contribution is 2.14. The van der Waals surface area contributed by atoms with Gasteiger partial charge in [-0.1, -0.05) is 0 Å². The molecular weight excluding hydrogens is 212 g/mol. The average molecular weight is 228 g/mol. The number of thioether (sulfide) groups is 1. The fourth-order valence-electron chi connectivity index (χ4n) is 1.21. The Kier molecular flexibility index (Phi) is 4.64. The van der Waals surface area contributed by atoms with Crippen LogP contribution in [0.15, 0.2) is 12.4 Å². The van der Waals surface area contributed by atoms with Crippen molar-refractivity contribution in [2.75, 3.05) is 23.9 Å². The smallest absolute Gasteiger partial charge is 0.147 e. The highest BCUT2D eigenvalue weighted by molar-refractivity contribution is 7.99. The molecule has 0 aliphatic heterocycles. The molecule has 0 fully saturated rings. The van der Waals surface area contributed by atoms with Crippen LogP contribution >= 0.6 is 11.8 Å². The summed E-state index contributed by atoms with van der Waals surface area (Å²) in [6.45, 7) is 2.12. The summed E-state index contributed by atoms with van der Waals surface area (Å²) in [5.74, 6) is 1.02. The third-order valence-electron chi connectivity index (χ3n) is 2.07. The Balaban J connectivity index is 2.61. The molecule has 0 aliphatic rings. The van der Waals surface area contributed by atoms with Crippen LogP contribution in [0.5, 0.6) is 0 Å². The molecule has 0 aromatic carbocycles. The number of hydrogen-bond acceptors (Lipinski definition) is 6. The standard InChI is InChI=1S/C9H16N4OS/c1-6(7(5-14)15-2)12-9-4-11-3-8(10)13-9/h3-4,6-7,14H,5H2,1-2H3,(H3,10,12,13). The highest BCUT2D eigenvalue weighted by Gasteiger charge is 2.15. The van der Waals surface area contributed by atoms with E-state index in [1.807, 2.05) is 13.2 Å². The van der Waals surface area contributed by atoms with Gasteiger partial charge >= 0.3 is 0 Å². The Morgan fingerprint density at radius 3 is 2.87 bits per heavy atom. The van der Waals surface area contributed by atoms with Crippen molar-refractivity contribution in [2.45, 2.75) is 18.2 Å². The maximum Gasteiger partial charge on any atom is 0.147 e. The number of anilines is 2. The Labute approximate surface area is 93.5 Å². The van der Waals surface area contributed by atoms with Crippen LogP contribution < -0.4 is 11.1 Å². The van der Waals surface area contributed by atoms with Crippen molar-refractivity contribution in [2.24, 2.45) is 0 Å². The molecule has 1 aromatic heterocycles. The number of aliphatic hydroxyl groups excluding tert-OH is 1. The van der Waals surface area contributed by atoms with E-state index in [9.17, 15) is 0 Å². The summed E-state index contributed by atoms with van der Waals surface area (Å²) < 4.78 is 0. The van der Waals surface area contributed by atoms with Crippen molar-refractivity contribution in [1.82, 2.24) is 9.97 Å². The molecule has 0 bridgehead atoms. The van der Waals surface area contributed by atoms with Crippen LogP contribution in [-0.4, -0.2) is 39.2 Å². The molecule has 2 atom stereocenters. The van der Waals surface area contributed by atoms with Gasteiger partial charge in [-0.3, -0.25) is 4.98 Å². The number of nitrogens with one attached hydrogen (secondary N) is 1. The predicted molar refractivity (Wildman–Crippen MR) is 63.9 cm³/mol. The van der Waals surface area contributed by atoms with E-state index in [4.69, 9.17) is 10.8 Å². The maximum atomic E-state index is 9.11. The van der Waals surface area contributed by atoms with Gasteiger partial charge in [-0.25, -0.2) is 4.98 Å². The van der Waals surface area contributed by atoms with E-state index < -0.39 is 0 Å². The first-order chi connectivity index (χ1) is 7.17. The van der Waals surface area contributed by atoms with Gasteiger partial charge in [0.25, 0.3) is 0 Å². The van der Waals surface area contributed by atoms with Gasteiger partial charge in [0.1, 0.15) is 11.6 Å². The molecular formula is C9H16N4OS. The van der Waals surface area contributed by atoms with Gasteiger partial charge in [0.2, 0.25) is 0 Å². The molecule has 6 heteroatoms. The minimum atomic E-state index is 0.112. The molecule has 4 N–H and O–H groups in total. The largest absolute Gasteiger partial charge is 0.395 e. The maximum absolute atomic E-state index is 9.11. The third kappa shape index (κ3) is 3.56. The normalized spacial score (nSPS) is 14.6. The van der Waals surface area contributed by atoms with Gasteiger partial charge in [0.15, 0.2) is 0 Å². The SMILES string of the molecule is CSC(CO)C(C)Nc1cncc(N)n1. The van der Waals surface area contributed by atoms with Gasteiger partial charge in [-0.15, -0.1) is 0 Å². The predicted octanol–water partition coefficient (Wildman–Crippen LogP) is 0.583. The van der Waals surface area contributed by atoms with E-state index >= 15 is 0 Å². The van der Waals surface area contributed by atoms with Crippen LogP contribution in [0, 0.1) is 0 Å². The van der Waals surface area contributed by atoms with Gasteiger partial charge < -0.3 is 16.2 Å². The van der Waals surface area contributed by atoms with E-state index in [2.05, 4.69) is 15.3 Å². The van der Waals surface area contributed by atoms with Crippen LogP contribution in [0.25, 0.3) is 0 Å². The molecule has 0 aliphatic carbocycles. The van der Waals surface area contributed by atoms with Crippen molar-refractivity contribution in [1.29, 1.82) is 0 Å². The monoisotopic (exact) mass is 228 g/mol. The lowest BCUT2D eigenvalue weighted by Gasteiger charge is -2.21. The second-order valence-corrected chi connectivity index (χ2v) is 4.30. The lowest BCUT2D eigenvalue weighted by molar-refractivity contribution is 0.288. The number of rotatable bonds is 5. The topological polar surface area (TPSA) is 84.1 Å². The fourth-order valence-corrected chi connectivity index (χ4v) is 1.84. The van der Waals surface area contributed by atoms with E-state index in [0.29, 0.717) is 11.6 Å². The molecule has 1 aromatic rings. The van der Waals surface area contributed by atoms with E-state index in [1.165, 1.54) is 6.20 Å². The first-order valence-electron chi connectivity index (χ1n) is 4.65. The summed E-state index contributed by atoms with van der Waals surface area (Å²) in [4.78, 5) is 8.01. The Morgan fingerprint density at radius 2 is 2.33 bits per heavy atom. The van der Waals surface area contributed by atoms with E-state index in [0.717, 1.165) is 0 Å². The molecule has 1 rings (SSSR count). The zero-order chi connectivity index (χ0) is 11.3. The Bertz CT molecular complexity index is 306. The van der Waals surface area contributed by atoms with Gasteiger partial charge in [-0.05, 0) is 13.2 Å². The average Bonchev–Trinajstić information content (AvgIpc) is 2.19. The van der Waals surface area contributed by atoms with Gasteiger partial charge in [0, 0.05) is 11.3 Å². The number of hydrogen-bond donors (Lipinski definition) is 3. The summed E-state index contributed by atoms with van der Waals surface area (Å²) >= 11 is 1.61. The zero-order valence-corrected chi connectivity index (χ0v) is 9.66. The van der Waals surface area contributed by atoms with Crippen LogP contribution in [0.4, 0.5) is 11.6 Å². The molecule has 5 nitrogen and oxygen atoms in total. The molecule has 0 spiro atoms. The minimum Gasteiger partial charge on any atom is -0.395 e. The summed E-state index contributed by atoms with van der Waals surface area (Å²) in [7, 11) is 0. The Morgan fingerprint density at radius 1 is 1.60 bits per heavy atom. The lowest BCUT2D eigenvalue weighted by Crippen LogP contribution is -2.31. The van der Waals surface area contributed by atoms with Crippen LogP contribution in [0.3, 0.4) is 0 Å². The van der Waals surface area contributed by atoms with Crippen molar-refractivity contribution < 1.29 is 5.11 Å². The number of aromatic nitrogens is 2.